The van der Waals surface area contributed by atoms with E-state index < -0.39 is 29.8 Å². The van der Waals surface area contributed by atoms with E-state index in [4.69, 9.17) is 4.74 Å². The highest BCUT2D eigenvalue weighted by molar-refractivity contribution is 5.95. The summed E-state index contributed by atoms with van der Waals surface area (Å²) < 4.78 is 4.78. The number of rotatable bonds is 7. The standard InChI is InChI=1S/C14H18N2O5/c1-3-21-11(17)8-9(2)12(14(19)20)16-13(18)10-6-4-5-7-15-10/h4-7,9,12H,3,8H2,1-2H3,(H,16,18)(H,19,20)/t9-,12+/m1/s1. The Morgan fingerprint density at radius 2 is 2.10 bits per heavy atom. The first-order valence-corrected chi connectivity index (χ1v) is 6.56. The van der Waals surface area contributed by atoms with Gasteiger partial charge in [0.2, 0.25) is 0 Å². The Bertz CT molecular complexity index is 503. The number of esters is 1. The van der Waals surface area contributed by atoms with E-state index in [0.717, 1.165) is 0 Å². The average Bonchev–Trinajstić information content (AvgIpc) is 2.45. The molecule has 0 unspecified atom stereocenters. The summed E-state index contributed by atoms with van der Waals surface area (Å²) in [5.41, 5.74) is 0.118. The zero-order valence-corrected chi connectivity index (χ0v) is 11.9. The van der Waals surface area contributed by atoms with E-state index in [-0.39, 0.29) is 18.7 Å². The molecular formula is C14H18N2O5. The fourth-order valence-electron chi connectivity index (χ4n) is 1.76. The minimum Gasteiger partial charge on any atom is -0.480 e. The number of carbonyl (C=O) groups is 3. The Labute approximate surface area is 122 Å². The zero-order chi connectivity index (χ0) is 15.8. The van der Waals surface area contributed by atoms with Crippen LogP contribution in [0.25, 0.3) is 0 Å². The lowest BCUT2D eigenvalue weighted by Gasteiger charge is -2.20. The van der Waals surface area contributed by atoms with Crippen LogP contribution < -0.4 is 5.32 Å². The molecule has 0 aliphatic rings. The summed E-state index contributed by atoms with van der Waals surface area (Å²) in [6.07, 6.45) is 1.35. The molecule has 1 rings (SSSR count). The Balaban J connectivity index is 2.71. The van der Waals surface area contributed by atoms with Crippen LogP contribution in [0.2, 0.25) is 0 Å². The number of carboxylic acids is 1. The molecule has 7 nitrogen and oxygen atoms in total. The smallest absolute Gasteiger partial charge is 0.326 e. The second kappa shape index (κ2) is 7.98. The molecule has 1 aromatic rings. The maximum atomic E-state index is 11.9. The number of carboxylic acid groups (broad SMARTS) is 1. The Hall–Kier alpha value is -2.44. The van der Waals surface area contributed by atoms with Crippen molar-refractivity contribution in [2.45, 2.75) is 26.3 Å². The number of nitrogens with one attached hydrogen (secondary N) is 1. The Kier molecular flexibility index (Phi) is 6.32. The number of amides is 1. The van der Waals surface area contributed by atoms with E-state index in [1.165, 1.54) is 12.3 Å². The molecule has 114 valence electrons. The normalized spacial score (nSPS) is 13.0. The fraction of sp³-hybridized carbons (Fsp3) is 0.429. The summed E-state index contributed by atoms with van der Waals surface area (Å²) in [4.78, 5) is 38.4. The minimum atomic E-state index is -1.21. The van der Waals surface area contributed by atoms with Crippen LogP contribution in [-0.2, 0) is 14.3 Å². The molecule has 2 N–H and O–H groups in total. The van der Waals surface area contributed by atoms with Crippen LogP contribution in [-0.4, -0.2) is 40.6 Å². The van der Waals surface area contributed by atoms with E-state index in [9.17, 15) is 19.5 Å². The second-order valence-corrected chi connectivity index (χ2v) is 4.49. The van der Waals surface area contributed by atoms with Crippen molar-refractivity contribution in [2.75, 3.05) is 6.61 Å². The number of aliphatic carboxylic acids is 1. The van der Waals surface area contributed by atoms with Crippen molar-refractivity contribution < 1.29 is 24.2 Å². The molecule has 0 aliphatic heterocycles. The SMILES string of the molecule is CCOC(=O)C[C@@H](C)[C@H](NC(=O)c1ccccn1)C(=O)O. The van der Waals surface area contributed by atoms with Gasteiger partial charge >= 0.3 is 11.9 Å². The van der Waals surface area contributed by atoms with E-state index >= 15 is 0 Å². The predicted molar refractivity (Wildman–Crippen MR) is 73.5 cm³/mol. The van der Waals surface area contributed by atoms with Gasteiger partial charge in [0.25, 0.3) is 5.91 Å². The van der Waals surface area contributed by atoms with Gasteiger partial charge in [-0.2, -0.15) is 0 Å². The first-order valence-electron chi connectivity index (χ1n) is 6.56. The number of ether oxygens (including phenoxy) is 1. The molecule has 0 saturated heterocycles. The lowest BCUT2D eigenvalue weighted by Crippen LogP contribution is -2.46. The Morgan fingerprint density at radius 3 is 2.62 bits per heavy atom. The molecule has 0 saturated carbocycles. The van der Waals surface area contributed by atoms with Gasteiger partial charge in [0.15, 0.2) is 0 Å². The molecule has 7 heteroatoms. The molecule has 0 fully saturated rings. The largest absolute Gasteiger partial charge is 0.480 e. The van der Waals surface area contributed by atoms with E-state index in [2.05, 4.69) is 10.3 Å². The zero-order valence-electron chi connectivity index (χ0n) is 11.9. The summed E-state index contributed by atoms with van der Waals surface area (Å²) in [7, 11) is 0. The second-order valence-electron chi connectivity index (χ2n) is 4.49. The maximum Gasteiger partial charge on any atom is 0.326 e. The number of carbonyl (C=O) groups excluding carboxylic acids is 2. The molecule has 0 spiro atoms. The molecule has 1 heterocycles. The predicted octanol–water partition coefficient (Wildman–Crippen LogP) is 0.854. The summed E-state index contributed by atoms with van der Waals surface area (Å²) >= 11 is 0. The first-order chi connectivity index (χ1) is 9.95. The van der Waals surface area contributed by atoms with E-state index in [1.54, 1.807) is 26.0 Å². The number of nitrogens with zero attached hydrogens (tertiary/aromatic N) is 1. The van der Waals surface area contributed by atoms with Gasteiger partial charge in [-0.3, -0.25) is 14.6 Å². The van der Waals surface area contributed by atoms with Gasteiger partial charge in [-0.25, -0.2) is 4.79 Å². The highest BCUT2D eigenvalue weighted by atomic mass is 16.5. The number of hydrogen-bond donors (Lipinski definition) is 2. The van der Waals surface area contributed by atoms with Crippen LogP contribution in [0.4, 0.5) is 0 Å². The quantitative estimate of drug-likeness (QED) is 0.722. The van der Waals surface area contributed by atoms with Gasteiger partial charge in [-0.05, 0) is 25.0 Å². The van der Waals surface area contributed by atoms with Crippen molar-refractivity contribution in [3.63, 3.8) is 0 Å². The highest BCUT2D eigenvalue weighted by Gasteiger charge is 2.29. The molecule has 0 aromatic carbocycles. The number of aromatic nitrogens is 1. The van der Waals surface area contributed by atoms with Crippen molar-refractivity contribution in [1.29, 1.82) is 0 Å². The molecule has 0 bridgehead atoms. The number of hydrogen-bond acceptors (Lipinski definition) is 5. The van der Waals surface area contributed by atoms with Gasteiger partial charge in [0, 0.05) is 6.20 Å². The lowest BCUT2D eigenvalue weighted by atomic mass is 9.98. The van der Waals surface area contributed by atoms with E-state index in [1.807, 2.05) is 0 Å². The van der Waals surface area contributed by atoms with Crippen molar-refractivity contribution >= 4 is 17.8 Å². The molecule has 0 aliphatic carbocycles. The van der Waals surface area contributed by atoms with Gasteiger partial charge in [-0.1, -0.05) is 13.0 Å². The van der Waals surface area contributed by atoms with E-state index in [0.29, 0.717) is 0 Å². The van der Waals surface area contributed by atoms with Crippen molar-refractivity contribution in [3.8, 4) is 0 Å². The fourth-order valence-corrected chi connectivity index (χ4v) is 1.76. The number of pyridine rings is 1. The summed E-state index contributed by atoms with van der Waals surface area (Å²) in [5.74, 6) is -2.91. The highest BCUT2D eigenvalue weighted by Crippen LogP contribution is 2.11. The van der Waals surface area contributed by atoms with Crippen molar-refractivity contribution in [3.05, 3.63) is 30.1 Å². The van der Waals surface area contributed by atoms with Crippen LogP contribution in [0.15, 0.2) is 24.4 Å². The summed E-state index contributed by atoms with van der Waals surface area (Å²) in [6, 6.07) is 3.56. The minimum absolute atomic E-state index is 0.0900. The van der Waals surface area contributed by atoms with Gasteiger partial charge in [0.1, 0.15) is 11.7 Å². The van der Waals surface area contributed by atoms with Crippen LogP contribution in [0.1, 0.15) is 30.8 Å². The van der Waals surface area contributed by atoms with Crippen LogP contribution in [0.3, 0.4) is 0 Å². The van der Waals surface area contributed by atoms with Crippen LogP contribution >= 0.6 is 0 Å². The molecular weight excluding hydrogens is 276 g/mol. The molecule has 21 heavy (non-hydrogen) atoms. The lowest BCUT2D eigenvalue weighted by molar-refractivity contribution is -0.145. The van der Waals surface area contributed by atoms with Crippen molar-refractivity contribution in [2.24, 2.45) is 5.92 Å². The van der Waals surface area contributed by atoms with Crippen LogP contribution in [0.5, 0.6) is 0 Å². The molecule has 1 amide bonds. The monoisotopic (exact) mass is 294 g/mol. The van der Waals surface area contributed by atoms with Gasteiger partial charge in [-0.15, -0.1) is 0 Å². The molecule has 1 aromatic heterocycles. The third kappa shape index (κ3) is 5.21. The molecule has 0 radical (unpaired) electrons. The summed E-state index contributed by atoms with van der Waals surface area (Å²) in [6.45, 7) is 3.46. The third-order valence-electron chi connectivity index (χ3n) is 2.81. The topological polar surface area (TPSA) is 106 Å². The van der Waals surface area contributed by atoms with Crippen molar-refractivity contribution in [1.82, 2.24) is 10.3 Å². The average molecular weight is 294 g/mol. The summed E-state index contributed by atoms with van der Waals surface area (Å²) in [5, 5.41) is 11.6. The maximum absolute atomic E-state index is 11.9. The third-order valence-corrected chi connectivity index (χ3v) is 2.81. The van der Waals surface area contributed by atoms with Gasteiger partial charge in [0.05, 0.1) is 13.0 Å². The van der Waals surface area contributed by atoms with Crippen LogP contribution in [0, 0.1) is 5.92 Å². The van der Waals surface area contributed by atoms with Gasteiger partial charge < -0.3 is 15.2 Å². The molecule has 2 atom stereocenters. The Morgan fingerprint density at radius 1 is 1.38 bits per heavy atom. The first kappa shape index (κ1) is 16.6.